The van der Waals surface area contributed by atoms with Crippen molar-refractivity contribution < 1.29 is 36.7 Å². The van der Waals surface area contributed by atoms with Crippen molar-refractivity contribution in [3.63, 3.8) is 0 Å². The maximum absolute atomic E-state index is 17.0. The lowest BCUT2D eigenvalue weighted by Gasteiger charge is -2.34. The molecule has 2 N–H and O–H groups in total. The molecule has 2 bridgehead atoms. The van der Waals surface area contributed by atoms with E-state index in [2.05, 4.69) is 15.3 Å². The van der Waals surface area contributed by atoms with Gasteiger partial charge in [0.1, 0.15) is 23.7 Å². The molecule has 4 aliphatic heterocycles. The number of nitro benzene ring substituents is 1. The fourth-order valence-electron chi connectivity index (χ4n) is 9.08. The van der Waals surface area contributed by atoms with Gasteiger partial charge in [0.05, 0.1) is 26.8 Å². The SMILES string of the molecule is O=[N+]([O-])c1cc2c(N3C[C@H]4CC[C@@H](C3)N4)nc(OC[C@]34CCCN3C[C@]3(CC3(F)F)C4)nc2c(F)c1-c1cc(O)cc2ccc(F)c(F)c12. The number of ether oxygens (including phenoxy) is 1. The third-order valence-corrected chi connectivity index (χ3v) is 11.4. The molecule has 10 nitrogen and oxygen atoms in total. The molecule has 9 rings (SSSR count). The van der Waals surface area contributed by atoms with E-state index in [1.165, 1.54) is 6.07 Å². The Morgan fingerprint density at radius 1 is 1.06 bits per heavy atom. The van der Waals surface area contributed by atoms with Crippen LogP contribution in [0, 0.1) is 33.0 Å². The van der Waals surface area contributed by atoms with Gasteiger partial charge in [0.2, 0.25) is 0 Å². The largest absolute Gasteiger partial charge is 0.508 e. The Kier molecular flexibility index (Phi) is 6.46. The summed E-state index contributed by atoms with van der Waals surface area (Å²) in [7, 11) is 0. The molecule has 0 radical (unpaired) electrons. The Labute approximate surface area is 276 Å². The number of phenolic OH excluding ortho intramolecular Hbond substituents is 1. The molecule has 1 aliphatic carbocycles. The lowest BCUT2D eigenvalue weighted by atomic mass is 9.89. The van der Waals surface area contributed by atoms with Crippen LogP contribution in [-0.2, 0) is 0 Å². The first kappa shape index (κ1) is 30.7. The first-order chi connectivity index (χ1) is 23.4. The van der Waals surface area contributed by atoms with Gasteiger partial charge in [-0.2, -0.15) is 9.97 Å². The fourth-order valence-corrected chi connectivity index (χ4v) is 9.08. The minimum absolute atomic E-state index is 0.00216. The predicted molar refractivity (Wildman–Crippen MR) is 168 cm³/mol. The van der Waals surface area contributed by atoms with Crippen molar-refractivity contribution in [2.24, 2.45) is 5.41 Å². The highest BCUT2D eigenvalue weighted by Crippen LogP contribution is 2.69. The van der Waals surface area contributed by atoms with Crippen LogP contribution in [0.2, 0.25) is 0 Å². The standard InChI is InChI=1S/C34H31F5N6O4/c35-23-5-2-17-8-20(46)9-21(25(17)27(23)36)26-24(45(47)48)10-22-29(28(26)37)41-31(42-30(22)43-11-18-3-4-19(12-43)40-18)49-16-33-6-1-7-44(33)15-32(13-33)14-34(32,38)39/h2,5,8-10,18-19,40,46H,1,3-4,6-7,11-16H2/t18-,19+,32-,33-/m1/s1. The molecule has 15 heteroatoms. The summed E-state index contributed by atoms with van der Waals surface area (Å²) < 4.78 is 81.9. The van der Waals surface area contributed by atoms with Gasteiger partial charge in [0.15, 0.2) is 17.5 Å². The van der Waals surface area contributed by atoms with Crippen LogP contribution in [0.15, 0.2) is 30.3 Å². The van der Waals surface area contributed by atoms with E-state index in [4.69, 9.17) is 4.74 Å². The fraction of sp³-hybridized carbons (Fsp3) is 0.471. The molecular weight excluding hydrogens is 651 g/mol. The Bertz CT molecular complexity index is 2090. The van der Waals surface area contributed by atoms with E-state index < -0.39 is 67.2 Å². The number of benzene rings is 3. The lowest BCUT2D eigenvalue weighted by molar-refractivity contribution is -0.384. The van der Waals surface area contributed by atoms with E-state index in [1.807, 2.05) is 9.80 Å². The second-order valence-corrected chi connectivity index (χ2v) is 14.4. The summed E-state index contributed by atoms with van der Waals surface area (Å²) in [6.07, 6.45) is 3.36. The number of nitrogens with zero attached hydrogens (tertiary/aromatic N) is 5. The second-order valence-electron chi connectivity index (χ2n) is 14.4. The maximum Gasteiger partial charge on any atom is 0.319 e. The molecule has 0 amide bonds. The quantitative estimate of drug-likeness (QED) is 0.142. The number of anilines is 1. The summed E-state index contributed by atoms with van der Waals surface area (Å²) >= 11 is 0. The number of nitrogens with one attached hydrogen (secondary N) is 1. The van der Waals surface area contributed by atoms with E-state index in [9.17, 15) is 28.4 Å². The average molecular weight is 683 g/mol. The van der Waals surface area contributed by atoms with Crippen LogP contribution in [0.3, 0.4) is 0 Å². The summed E-state index contributed by atoms with van der Waals surface area (Å²) in [6.45, 7) is 1.89. The van der Waals surface area contributed by atoms with E-state index in [0.717, 1.165) is 43.5 Å². The van der Waals surface area contributed by atoms with Crippen LogP contribution >= 0.6 is 0 Å². The lowest BCUT2D eigenvalue weighted by Crippen LogP contribution is -2.51. The minimum atomic E-state index is -2.73. The Morgan fingerprint density at radius 3 is 2.53 bits per heavy atom. The number of piperazine rings is 1. The molecule has 256 valence electrons. The van der Waals surface area contributed by atoms with Crippen molar-refractivity contribution >= 4 is 33.2 Å². The van der Waals surface area contributed by atoms with Crippen LogP contribution in [-0.4, -0.2) is 81.2 Å². The summed E-state index contributed by atoms with van der Waals surface area (Å²) in [5.41, 5.74) is -3.95. The summed E-state index contributed by atoms with van der Waals surface area (Å²) in [5.74, 6) is -6.78. The number of hydrogen-bond acceptors (Lipinski definition) is 9. The first-order valence-corrected chi connectivity index (χ1v) is 16.4. The van der Waals surface area contributed by atoms with Crippen LogP contribution in [0.4, 0.5) is 33.5 Å². The second kappa shape index (κ2) is 10.3. The van der Waals surface area contributed by atoms with Gasteiger partial charge in [0, 0.05) is 55.2 Å². The summed E-state index contributed by atoms with van der Waals surface area (Å²) in [5, 5.41) is 26.1. The minimum Gasteiger partial charge on any atom is -0.508 e. The molecule has 5 aliphatic rings. The number of alkyl halides is 2. The van der Waals surface area contributed by atoms with Crippen molar-refractivity contribution in [3.05, 3.63) is 57.9 Å². The van der Waals surface area contributed by atoms with Gasteiger partial charge < -0.3 is 20.1 Å². The molecule has 0 unspecified atom stereocenters. The number of hydrogen-bond donors (Lipinski definition) is 2. The van der Waals surface area contributed by atoms with E-state index in [-0.39, 0.29) is 66.2 Å². The van der Waals surface area contributed by atoms with Crippen molar-refractivity contribution in [2.75, 3.05) is 37.7 Å². The van der Waals surface area contributed by atoms with Gasteiger partial charge in [-0.25, -0.2) is 22.0 Å². The van der Waals surface area contributed by atoms with Crippen molar-refractivity contribution in [2.45, 2.75) is 62.1 Å². The highest BCUT2D eigenvalue weighted by molar-refractivity contribution is 6.04. The Morgan fingerprint density at radius 2 is 1.82 bits per heavy atom. The number of aromatic nitrogens is 2. The van der Waals surface area contributed by atoms with Gasteiger partial charge in [-0.3, -0.25) is 15.0 Å². The van der Waals surface area contributed by atoms with E-state index in [0.29, 0.717) is 26.1 Å². The number of nitro groups is 1. The van der Waals surface area contributed by atoms with Gasteiger partial charge >= 0.3 is 6.01 Å². The highest BCUT2D eigenvalue weighted by Gasteiger charge is 2.77. The van der Waals surface area contributed by atoms with Crippen molar-refractivity contribution in [1.29, 1.82) is 0 Å². The van der Waals surface area contributed by atoms with E-state index >= 15 is 8.78 Å². The molecule has 49 heavy (non-hydrogen) atoms. The molecule has 1 aromatic heterocycles. The van der Waals surface area contributed by atoms with Crippen LogP contribution < -0.4 is 15.0 Å². The zero-order chi connectivity index (χ0) is 34.0. The van der Waals surface area contributed by atoms with Crippen LogP contribution in [0.1, 0.15) is 38.5 Å². The van der Waals surface area contributed by atoms with E-state index in [1.54, 1.807) is 0 Å². The zero-order valence-electron chi connectivity index (χ0n) is 26.1. The topological polar surface area (TPSA) is 117 Å². The molecule has 4 saturated heterocycles. The third-order valence-electron chi connectivity index (χ3n) is 11.4. The first-order valence-electron chi connectivity index (χ1n) is 16.4. The monoisotopic (exact) mass is 682 g/mol. The number of fused-ring (bicyclic) bond motifs is 5. The molecule has 5 fully saturated rings. The summed E-state index contributed by atoms with van der Waals surface area (Å²) in [6, 6.07) is 5.25. The van der Waals surface area contributed by atoms with Gasteiger partial charge in [0.25, 0.3) is 11.6 Å². The maximum atomic E-state index is 17.0. The number of rotatable bonds is 6. The van der Waals surface area contributed by atoms with Crippen LogP contribution in [0.25, 0.3) is 32.8 Å². The number of phenols is 1. The Hall–Kier alpha value is -4.37. The molecule has 1 saturated carbocycles. The van der Waals surface area contributed by atoms with Gasteiger partial charge in [-0.05, 0) is 62.2 Å². The molecular formula is C34H31F5N6O4. The predicted octanol–water partition coefficient (Wildman–Crippen LogP) is 6.06. The van der Waals surface area contributed by atoms with Gasteiger partial charge in [-0.15, -0.1) is 0 Å². The molecule has 4 aromatic rings. The third kappa shape index (κ3) is 4.57. The highest BCUT2D eigenvalue weighted by atomic mass is 19.3. The van der Waals surface area contributed by atoms with Crippen molar-refractivity contribution in [3.8, 4) is 22.9 Å². The van der Waals surface area contributed by atoms with Gasteiger partial charge in [-0.1, -0.05) is 6.07 Å². The number of halogens is 5. The normalized spacial score (nSPS) is 28.6. The van der Waals surface area contributed by atoms with Crippen LogP contribution in [0.5, 0.6) is 11.8 Å². The Balaban J connectivity index is 1.21. The zero-order valence-corrected chi connectivity index (χ0v) is 26.1. The van der Waals surface area contributed by atoms with Crippen molar-refractivity contribution in [1.82, 2.24) is 20.2 Å². The smallest absolute Gasteiger partial charge is 0.319 e. The molecule has 5 heterocycles. The number of aromatic hydroxyl groups is 1. The molecule has 1 spiro atoms. The summed E-state index contributed by atoms with van der Waals surface area (Å²) in [4.78, 5) is 24.8. The average Bonchev–Trinajstić information content (AvgIpc) is 3.38. The molecule has 4 atom stereocenters. The molecule has 3 aromatic carbocycles.